The smallest absolute Gasteiger partial charge is 0.0723 e. The second kappa shape index (κ2) is 6.52. The Balaban J connectivity index is 2.17. The van der Waals surface area contributed by atoms with Gasteiger partial charge in [-0.05, 0) is 30.0 Å². The maximum absolute atomic E-state index is 6.35. The van der Waals surface area contributed by atoms with Crippen LogP contribution in [0.25, 0.3) is 10.8 Å². The van der Waals surface area contributed by atoms with Crippen molar-refractivity contribution in [3.05, 3.63) is 66.7 Å². The van der Waals surface area contributed by atoms with Gasteiger partial charge >= 0.3 is 0 Å². The Morgan fingerprint density at radius 3 is 2.36 bits per heavy atom. The summed E-state index contributed by atoms with van der Waals surface area (Å²) in [6.45, 7) is 3.19. The first-order valence-corrected chi connectivity index (χ1v) is 7.91. The van der Waals surface area contributed by atoms with E-state index in [1.165, 1.54) is 16.5 Å². The molecule has 2 N–H and O–H groups in total. The molecule has 3 aromatic carbocycles. The van der Waals surface area contributed by atoms with E-state index in [0.29, 0.717) is 0 Å². The van der Waals surface area contributed by atoms with E-state index in [1.54, 1.807) is 0 Å². The molecule has 0 radical (unpaired) electrons. The summed E-state index contributed by atoms with van der Waals surface area (Å²) < 4.78 is 0. The highest BCUT2D eigenvalue weighted by atomic mass is 15.1. The van der Waals surface area contributed by atoms with Crippen molar-refractivity contribution in [2.24, 2.45) is 0 Å². The van der Waals surface area contributed by atoms with Gasteiger partial charge < -0.3 is 10.6 Å². The van der Waals surface area contributed by atoms with Gasteiger partial charge in [0.05, 0.1) is 11.4 Å². The lowest BCUT2D eigenvalue weighted by atomic mass is 10.1. The second-order valence-corrected chi connectivity index (χ2v) is 5.57. The Kier molecular flexibility index (Phi) is 4.29. The summed E-state index contributed by atoms with van der Waals surface area (Å²) in [6.07, 6.45) is 2.30. The number of nitrogens with zero attached hydrogens (tertiary/aromatic N) is 1. The zero-order valence-corrected chi connectivity index (χ0v) is 13.0. The zero-order chi connectivity index (χ0) is 15.4. The molecule has 0 atom stereocenters. The first-order chi connectivity index (χ1) is 10.8. The lowest BCUT2D eigenvalue weighted by Crippen LogP contribution is -2.20. The van der Waals surface area contributed by atoms with Gasteiger partial charge in [0.2, 0.25) is 0 Å². The number of benzene rings is 3. The molecule has 0 amide bonds. The van der Waals surface area contributed by atoms with Gasteiger partial charge in [-0.1, -0.05) is 61.9 Å². The number of hydrogen-bond donors (Lipinski definition) is 1. The molecule has 0 saturated carbocycles. The monoisotopic (exact) mass is 290 g/mol. The number of unbranched alkanes of at least 4 members (excludes halogenated alkanes) is 1. The third-order valence-corrected chi connectivity index (χ3v) is 4.00. The van der Waals surface area contributed by atoms with Crippen LogP contribution < -0.4 is 10.6 Å². The zero-order valence-electron chi connectivity index (χ0n) is 13.0. The molecule has 2 nitrogen and oxygen atoms in total. The van der Waals surface area contributed by atoms with Crippen molar-refractivity contribution in [1.29, 1.82) is 0 Å². The largest absolute Gasteiger partial charge is 0.397 e. The molecule has 0 unspecified atom stereocenters. The predicted molar refractivity (Wildman–Crippen MR) is 96.7 cm³/mol. The number of nitrogen functional groups attached to an aromatic ring is 1. The summed E-state index contributed by atoms with van der Waals surface area (Å²) in [7, 11) is 0. The highest BCUT2D eigenvalue weighted by molar-refractivity contribution is 6.01. The van der Waals surface area contributed by atoms with Gasteiger partial charge in [-0.25, -0.2) is 0 Å². The van der Waals surface area contributed by atoms with E-state index in [0.717, 1.165) is 30.8 Å². The molecule has 0 spiro atoms. The Hall–Kier alpha value is -2.48. The van der Waals surface area contributed by atoms with Crippen LogP contribution in [-0.2, 0) is 0 Å². The van der Waals surface area contributed by atoms with Crippen LogP contribution in [0.2, 0.25) is 0 Å². The van der Waals surface area contributed by atoms with Crippen LogP contribution in [0.15, 0.2) is 66.7 Å². The van der Waals surface area contributed by atoms with E-state index < -0.39 is 0 Å². The van der Waals surface area contributed by atoms with Gasteiger partial charge in [-0.2, -0.15) is 0 Å². The van der Waals surface area contributed by atoms with E-state index in [9.17, 15) is 0 Å². The van der Waals surface area contributed by atoms with Crippen LogP contribution >= 0.6 is 0 Å². The normalized spacial score (nSPS) is 10.8. The first-order valence-electron chi connectivity index (χ1n) is 7.91. The molecule has 0 heterocycles. The summed E-state index contributed by atoms with van der Waals surface area (Å²) in [6, 6.07) is 23.1. The van der Waals surface area contributed by atoms with Crippen molar-refractivity contribution in [1.82, 2.24) is 0 Å². The van der Waals surface area contributed by atoms with Crippen molar-refractivity contribution in [3.63, 3.8) is 0 Å². The van der Waals surface area contributed by atoms with E-state index in [4.69, 9.17) is 5.73 Å². The Morgan fingerprint density at radius 2 is 1.59 bits per heavy atom. The lowest BCUT2D eigenvalue weighted by Gasteiger charge is -2.27. The fourth-order valence-corrected chi connectivity index (χ4v) is 2.87. The molecule has 3 rings (SSSR count). The fraction of sp³-hybridized carbons (Fsp3) is 0.200. The van der Waals surface area contributed by atoms with Crippen LogP contribution in [0.4, 0.5) is 17.1 Å². The van der Waals surface area contributed by atoms with Crippen molar-refractivity contribution < 1.29 is 0 Å². The molecular formula is C20H22N2. The minimum Gasteiger partial charge on any atom is -0.397 e. The lowest BCUT2D eigenvalue weighted by molar-refractivity contribution is 0.787. The average molecular weight is 290 g/mol. The number of para-hydroxylation sites is 1. The van der Waals surface area contributed by atoms with E-state index in [2.05, 4.69) is 66.4 Å². The highest BCUT2D eigenvalue weighted by Crippen LogP contribution is 2.37. The molecule has 112 valence electrons. The molecular weight excluding hydrogens is 268 g/mol. The molecule has 3 aromatic rings. The number of anilines is 3. The third kappa shape index (κ3) is 2.77. The van der Waals surface area contributed by atoms with Crippen molar-refractivity contribution >= 4 is 27.8 Å². The summed E-state index contributed by atoms with van der Waals surface area (Å²) in [5, 5.41) is 2.44. The van der Waals surface area contributed by atoms with E-state index >= 15 is 0 Å². The summed E-state index contributed by atoms with van der Waals surface area (Å²) in [5.41, 5.74) is 9.50. The Labute approximate surface area is 132 Å². The quantitative estimate of drug-likeness (QED) is 0.641. The topological polar surface area (TPSA) is 29.3 Å². The van der Waals surface area contributed by atoms with Crippen LogP contribution in [-0.4, -0.2) is 6.54 Å². The van der Waals surface area contributed by atoms with E-state index in [1.807, 2.05) is 12.1 Å². The second-order valence-electron chi connectivity index (χ2n) is 5.57. The summed E-state index contributed by atoms with van der Waals surface area (Å²) in [5.74, 6) is 0. The minimum absolute atomic E-state index is 0.832. The molecule has 0 saturated heterocycles. The van der Waals surface area contributed by atoms with Crippen molar-refractivity contribution in [2.45, 2.75) is 19.8 Å². The van der Waals surface area contributed by atoms with Gasteiger partial charge in [0, 0.05) is 17.6 Å². The van der Waals surface area contributed by atoms with Crippen LogP contribution in [0.3, 0.4) is 0 Å². The third-order valence-electron chi connectivity index (χ3n) is 4.00. The van der Waals surface area contributed by atoms with Gasteiger partial charge in [0.25, 0.3) is 0 Å². The predicted octanol–water partition coefficient (Wildman–Crippen LogP) is 5.36. The molecule has 0 aliphatic heterocycles. The Bertz CT molecular complexity index is 750. The van der Waals surface area contributed by atoms with Gasteiger partial charge in [0.1, 0.15) is 0 Å². The average Bonchev–Trinajstić information content (AvgIpc) is 2.58. The van der Waals surface area contributed by atoms with Crippen LogP contribution in [0, 0.1) is 0 Å². The van der Waals surface area contributed by atoms with Gasteiger partial charge in [-0.3, -0.25) is 0 Å². The molecule has 0 aliphatic carbocycles. The number of nitrogens with two attached hydrogens (primary N) is 1. The van der Waals surface area contributed by atoms with E-state index in [-0.39, 0.29) is 0 Å². The minimum atomic E-state index is 0.832. The SMILES string of the molecule is CCCCN(c1ccccc1)c1c(N)ccc2ccccc12. The molecule has 2 heteroatoms. The number of fused-ring (bicyclic) bond motifs is 1. The molecule has 0 aromatic heterocycles. The number of rotatable bonds is 5. The van der Waals surface area contributed by atoms with Gasteiger partial charge in [-0.15, -0.1) is 0 Å². The molecule has 22 heavy (non-hydrogen) atoms. The standard InChI is InChI=1S/C20H22N2/c1-2-3-15-22(17-10-5-4-6-11-17)20-18-12-8-7-9-16(18)13-14-19(20)21/h4-14H,2-3,15,21H2,1H3. The summed E-state index contributed by atoms with van der Waals surface area (Å²) >= 11 is 0. The van der Waals surface area contributed by atoms with Crippen molar-refractivity contribution in [2.75, 3.05) is 17.2 Å². The summed E-state index contributed by atoms with van der Waals surface area (Å²) in [4.78, 5) is 2.35. The van der Waals surface area contributed by atoms with Gasteiger partial charge in [0.15, 0.2) is 0 Å². The molecule has 0 aliphatic rings. The van der Waals surface area contributed by atoms with Crippen LogP contribution in [0.5, 0.6) is 0 Å². The maximum Gasteiger partial charge on any atom is 0.0723 e. The van der Waals surface area contributed by atoms with Crippen molar-refractivity contribution in [3.8, 4) is 0 Å². The first kappa shape index (κ1) is 14.5. The highest BCUT2D eigenvalue weighted by Gasteiger charge is 2.15. The maximum atomic E-state index is 6.35. The van der Waals surface area contributed by atoms with Crippen LogP contribution in [0.1, 0.15) is 19.8 Å². The Morgan fingerprint density at radius 1 is 0.864 bits per heavy atom. The number of hydrogen-bond acceptors (Lipinski definition) is 2. The molecule has 0 bridgehead atoms. The molecule has 0 fully saturated rings. The fourth-order valence-electron chi connectivity index (χ4n) is 2.87.